The molecule has 1 heterocycles. The molecular formula is C22H27IN2O3. The van der Waals surface area contributed by atoms with Gasteiger partial charge in [-0.2, -0.15) is 0 Å². The molecule has 0 saturated carbocycles. The molecule has 0 spiro atoms. The summed E-state index contributed by atoms with van der Waals surface area (Å²) >= 11 is 2.23. The Balaban J connectivity index is 1.41. The molecular weight excluding hydrogens is 467 g/mol. The summed E-state index contributed by atoms with van der Waals surface area (Å²) in [5.74, 6) is 0.575. The maximum atomic E-state index is 12.0. The molecule has 6 heteroatoms. The molecule has 0 radical (unpaired) electrons. The smallest absolute Gasteiger partial charge is 0.258 e. The van der Waals surface area contributed by atoms with Crippen molar-refractivity contribution in [1.82, 2.24) is 10.2 Å². The highest BCUT2D eigenvalue weighted by molar-refractivity contribution is 14.1. The van der Waals surface area contributed by atoms with Crippen molar-refractivity contribution in [3.05, 3.63) is 63.2 Å². The molecule has 0 aromatic heterocycles. The largest absolute Gasteiger partial charge is 0.484 e. The molecule has 5 nitrogen and oxygen atoms in total. The van der Waals surface area contributed by atoms with Crippen LogP contribution in [0.25, 0.3) is 0 Å². The van der Waals surface area contributed by atoms with Gasteiger partial charge in [0.2, 0.25) is 0 Å². The molecule has 1 aliphatic rings. The van der Waals surface area contributed by atoms with E-state index in [0.29, 0.717) is 12.3 Å². The summed E-state index contributed by atoms with van der Waals surface area (Å²) in [5.41, 5.74) is 2.36. The second-order valence-electron chi connectivity index (χ2n) is 7.29. The van der Waals surface area contributed by atoms with Crippen LogP contribution in [0, 0.1) is 3.57 Å². The predicted molar refractivity (Wildman–Crippen MR) is 118 cm³/mol. The van der Waals surface area contributed by atoms with Gasteiger partial charge < -0.3 is 14.8 Å². The minimum absolute atomic E-state index is 0.0199. The molecule has 28 heavy (non-hydrogen) atoms. The van der Waals surface area contributed by atoms with Crippen LogP contribution in [0.2, 0.25) is 0 Å². The molecule has 2 aromatic carbocycles. The Morgan fingerprint density at radius 3 is 2.32 bits per heavy atom. The van der Waals surface area contributed by atoms with Gasteiger partial charge in [-0.15, -0.1) is 0 Å². The Labute approximate surface area is 180 Å². The molecule has 2 unspecified atom stereocenters. The van der Waals surface area contributed by atoms with Crippen molar-refractivity contribution in [3.63, 3.8) is 0 Å². The van der Waals surface area contributed by atoms with Gasteiger partial charge in [0, 0.05) is 29.7 Å². The van der Waals surface area contributed by atoms with Crippen LogP contribution < -0.4 is 10.1 Å². The van der Waals surface area contributed by atoms with Gasteiger partial charge in [-0.1, -0.05) is 24.3 Å². The molecule has 0 bridgehead atoms. The van der Waals surface area contributed by atoms with E-state index in [1.807, 2.05) is 24.3 Å². The van der Waals surface area contributed by atoms with E-state index in [0.717, 1.165) is 28.8 Å². The van der Waals surface area contributed by atoms with Crippen LogP contribution in [0.3, 0.4) is 0 Å². The fraction of sp³-hybridized carbons (Fsp3) is 0.409. The van der Waals surface area contributed by atoms with E-state index < -0.39 is 0 Å². The molecule has 1 aliphatic heterocycles. The van der Waals surface area contributed by atoms with Crippen molar-refractivity contribution in [2.75, 3.05) is 19.7 Å². The fourth-order valence-electron chi connectivity index (χ4n) is 3.37. The predicted octanol–water partition coefficient (Wildman–Crippen LogP) is 3.60. The lowest BCUT2D eigenvalue weighted by molar-refractivity contribution is -0.123. The van der Waals surface area contributed by atoms with Crippen molar-refractivity contribution < 1.29 is 14.3 Å². The lowest BCUT2D eigenvalue weighted by Crippen LogP contribution is -2.44. The van der Waals surface area contributed by atoms with E-state index in [2.05, 4.69) is 70.9 Å². The zero-order valence-corrected chi connectivity index (χ0v) is 18.5. The van der Waals surface area contributed by atoms with E-state index in [4.69, 9.17) is 9.47 Å². The normalized spacial score (nSPS) is 20.0. The highest BCUT2D eigenvalue weighted by atomic mass is 127. The number of nitrogens with one attached hydrogen (secondary N) is 1. The standard InChI is InChI=1S/C22H27IN2O3/c1-16-12-25(13-17(2)28-16)14-19-5-3-18(4-6-19)11-24-22(26)15-27-21-9-7-20(23)8-10-21/h3-10,16-17H,11-15H2,1-2H3,(H,24,26). The maximum absolute atomic E-state index is 12.0. The van der Waals surface area contributed by atoms with Crippen molar-refractivity contribution in [3.8, 4) is 5.75 Å². The van der Waals surface area contributed by atoms with Crippen molar-refractivity contribution >= 4 is 28.5 Å². The zero-order valence-electron chi connectivity index (χ0n) is 16.4. The van der Waals surface area contributed by atoms with Crippen LogP contribution in [0.15, 0.2) is 48.5 Å². The summed E-state index contributed by atoms with van der Waals surface area (Å²) in [6.07, 6.45) is 0.555. The molecule has 150 valence electrons. The minimum Gasteiger partial charge on any atom is -0.484 e. The van der Waals surface area contributed by atoms with E-state index >= 15 is 0 Å². The highest BCUT2D eigenvalue weighted by Gasteiger charge is 2.21. The van der Waals surface area contributed by atoms with E-state index in [1.54, 1.807) is 0 Å². The number of amides is 1. The third-order valence-corrected chi connectivity index (χ3v) is 5.32. The van der Waals surface area contributed by atoms with Crippen molar-refractivity contribution in [2.45, 2.75) is 39.1 Å². The van der Waals surface area contributed by atoms with Gasteiger partial charge in [0.25, 0.3) is 5.91 Å². The Morgan fingerprint density at radius 2 is 1.68 bits per heavy atom. The summed E-state index contributed by atoms with van der Waals surface area (Å²) in [7, 11) is 0. The molecule has 2 aromatic rings. The molecule has 1 N–H and O–H groups in total. The lowest BCUT2D eigenvalue weighted by atomic mass is 10.1. The van der Waals surface area contributed by atoms with Crippen LogP contribution >= 0.6 is 22.6 Å². The number of hydrogen-bond acceptors (Lipinski definition) is 4. The molecule has 1 fully saturated rings. The Hall–Kier alpha value is -1.64. The van der Waals surface area contributed by atoms with E-state index in [9.17, 15) is 4.79 Å². The molecule has 2 atom stereocenters. The summed E-state index contributed by atoms with van der Waals surface area (Å²) in [4.78, 5) is 14.4. The van der Waals surface area contributed by atoms with Crippen LogP contribution in [0.1, 0.15) is 25.0 Å². The van der Waals surface area contributed by atoms with Gasteiger partial charge in [-0.05, 0) is 71.8 Å². The molecule has 3 rings (SSSR count). The second-order valence-corrected chi connectivity index (χ2v) is 8.53. The summed E-state index contributed by atoms with van der Waals surface area (Å²) < 4.78 is 12.4. The van der Waals surface area contributed by atoms with Crippen LogP contribution in [0.5, 0.6) is 5.75 Å². The monoisotopic (exact) mass is 494 g/mol. The fourth-order valence-corrected chi connectivity index (χ4v) is 3.73. The van der Waals surface area contributed by atoms with Crippen molar-refractivity contribution in [2.24, 2.45) is 0 Å². The first-order valence-electron chi connectivity index (χ1n) is 9.58. The molecule has 1 saturated heterocycles. The van der Waals surface area contributed by atoms with Gasteiger partial charge >= 0.3 is 0 Å². The highest BCUT2D eigenvalue weighted by Crippen LogP contribution is 2.15. The quantitative estimate of drug-likeness (QED) is 0.598. The number of carbonyl (C=O) groups is 1. The Kier molecular flexibility index (Phi) is 7.70. The number of halogens is 1. The maximum Gasteiger partial charge on any atom is 0.258 e. The third-order valence-electron chi connectivity index (χ3n) is 4.60. The number of ether oxygens (including phenoxy) is 2. The van der Waals surface area contributed by atoms with Crippen LogP contribution in [-0.4, -0.2) is 42.7 Å². The van der Waals surface area contributed by atoms with Crippen LogP contribution in [-0.2, 0) is 22.6 Å². The topological polar surface area (TPSA) is 50.8 Å². The average Bonchev–Trinajstić information content (AvgIpc) is 2.66. The zero-order chi connectivity index (χ0) is 19.9. The van der Waals surface area contributed by atoms with Gasteiger partial charge in [0.1, 0.15) is 5.75 Å². The van der Waals surface area contributed by atoms with E-state index in [-0.39, 0.29) is 24.7 Å². The molecule has 0 aliphatic carbocycles. The first-order chi connectivity index (χ1) is 13.5. The Morgan fingerprint density at radius 1 is 1.07 bits per heavy atom. The number of rotatable bonds is 7. The lowest BCUT2D eigenvalue weighted by Gasteiger charge is -2.35. The van der Waals surface area contributed by atoms with Crippen molar-refractivity contribution in [1.29, 1.82) is 0 Å². The SMILES string of the molecule is CC1CN(Cc2ccc(CNC(=O)COc3ccc(I)cc3)cc2)CC(C)O1. The minimum atomic E-state index is -0.126. The first kappa shape index (κ1) is 21.1. The number of benzene rings is 2. The summed E-state index contributed by atoms with van der Waals surface area (Å²) in [6.45, 7) is 7.61. The van der Waals surface area contributed by atoms with Crippen LogP contribution in [0.4, 0.5) is 0 Å². The number of hydrogen-bond donors (Lipinski definition) is 1. The Bertz CT molecular complexity index is 754. The first-order valence-corrected chi connectivity index (χ1v) is 10.7. The number of carbonyl (C=O) groups excluding carboxylic acids is 1. The second kappa shape index (κ2) is 10.2. The average molecular weight is 494 g/mol. The number of nitrogens with zero attached hydrogens (tertiary/aromatic N) is 1. The van der Waals surface area contributed by atoms with Gasteiger partial charge in [0.15, 0.2) is 6.61 Å². The number of morpholine rings is 1. The van der Waals surface area contributed by atoms with Gasteiger partial charge in [0.05, 0.1) is 12.2 Å². The summed E-state index contributed by atoms with van der Waals surface area (Å²) in [6, 6.07) is 16.0. The van der Waals surface area contributed by atoms with Gasteiger partial charge in [-0.25, -0.2) is 0 Å². The van der Waals surface area contributed by atoms with E-state index in [1.165, 1.54) is 5.56 Å². The third kappa shape index (κ3) is 6.76. The van der Waals surface area contributed by atoms with Gasteiger partial charge in [-0.3, -0.25) is 9.69 Å². The summed E-state index contributed by atoms with van der Waals surface area (Å²) in [5, 5.41) is 2.90. The molecule has 1 amide bonds.